The van der Waals surface area contributed by atoms with Crippen LogP contribution in [0.5, 0.6) is 0 Å². The highest BCUT2D eigenvalue weighted by Gasteiger charge is 2.39. The lowest BCUT2D eigenvalue weighted by Gasteiger charge is -2.27. The predicted octanol–water partition coefficient (Wildman–Crippen LogP) is 0.273. The number of aliphatic hydroxyl groups excluding tert-OH is 1. The molecule has 0 radical (unpaired) electrons. The van der Waals surface area contributed by atoms with Crippen molar-refractivity contribution in [3.05, 3.63) is 22.4 Å². The highest BCUT2D eigenvalue weighted by Crippen LogP contribution is 2.24. The normalized spacial score (nSPS) is 21.6. The lowest BCUT2D eigenvalue weighted by molar-refractivity contribution is -0.154. The summed E-state index contributed by atoms with van der Waals surface area (Å²) in [5.74, 6) is -0.966. The maximum atomic E-state index is 12.3. The zero-order valence-electron chi connectivity index (χ0n) is 11.2. The Morgan fingerprint density at radius 1 is 1.60 bits per heavy atom. The van der Waals surface area contributed by atoms with Gasteiger partial charge in [-0.2, -0.15) is 0 Å². The molecule has 0 spiro atoms. The summed E-state index contributed by atoms with van der Waals surface area (Å²) >= 11 is 1.38. The lowest BCUT2D eigenvalue weighted by atomic mass is 10.1. The molecule has 0 unspecified atom stereocenters. The van der Waals surface area contributed by atoms with E-state index in [1.165, 1.54) is 23.3 Å². The van der Waals surface area contributed by atoms with Crippen molar-refractivity contribution >= 4 is 23.2 Å². The molecule has 1 amide bonds. The van der Waals surface area contributed by atoms with Crippen LogP contribution in [-0.2, 0) is 14.3 Å². The third-order valence-electron chi connectivity index (χ3n) is 3.47. The lowest BCUT2D eigenvalue weighted by Crippen LogP contribution is -2.48. The average molecular weight is 298 g/mol. The first kappa shape index (κ1) is 15.0. The van der Waals surface area contributed by atoms with E-state index in [0.29, 0.717) is 19.4 Å². The fourth-order valence-electron chi connectivity index (χ4n) is 2.37. The molecule has 3 N–H and O–H groups in total. The highest BCUT2D eigenvalue weighted by atomic mass is 32.1. The van der Waals surface area contributed by atoms with E-state index in [9.17, 15) is 14.7 Å². The minimum Gasteiger partial charge on any atom is -0.467 e. The van der Waals surface area contributed by atoms with Crippen molar-refractivity contribution in [2.24, 2.45) is 5.73 Å². The molecule has 0 saturated carbocycles. The molecule has 0 aliphatic carbocycles. The van der Waals surface area contributed by atoms with E-state index in [-0.39, 0.29) is 0 Å². The van der Waals surface area contributed by atoms with E-state index in [0.717, 1.165) is 4.88 Å². The van der Waals surface area contributed by atoms with Crippen molar-refractivity contribution in [2.45, 2.75) is 31.0 Å². The van der Waals surface area contributed by atoms with E-state index in [1.54, 1.807) is 6.07 Å². The summed E-state index contributed by atoms with van der Waals surface area (Å²) in [7, 11) is 1.29. The topological polar surface area (TPSA) is 92.9 Å². The number of nitrogens with two attached hydrogens (primary N) is 1. The second-order valence-electron chi connectivity index (χ2n) is 4.70. The molecule has 20 heavy (non-hydrogen) atoms. The zero-order valence-corrected chi connectivity index (χ0v) is 12.0. The minimum absolute atomic E-state index is 0.437. The number of rotatable bonds is 4. The molecular weight excluding hydrogens is 280 g/mol. The van der Waals surface area contributed by atoms with E-state index < -0.39 is 30.1 Å². The maximum Gasteiger partial charge on any atom is 0.328 e. The number of amides is 1. The first-order valence-corrected chi connectivity index (χ1v) is 7.29. The predicted molar refractivity (Wildman–Crippen MR) is 74.0 cm³/mol. The van der Waals surface area contributed by atoms with Crippen LogP contribution in [0.15, 0.2) is 17.5 Å². The van der Waals surface area contributed by atoms with Crippen molar-refractivity contribution in [3.8, 4) is 0 Å². The molecule has 1 aromatic rings. The van der Waals surface area contributed by atoms with E-state index >= 15 is 0 Å². The van der Waals surface area contributed by atoms with Crippen molar-refractivity contribution in [2.75, 3.05) is 13.7 Å². The number of carbonyl (C=O) groups excluding carboxylic acids is 2. The third-order valence-corrected chi connectivity index (χ3v) is 4.45. The second kappa shape index (κ2) is 6.34. The summed E-state index contributed by atoms with van der Waals surface area (Å²) < 4.78 is 4.68. The molecule has 1 fully saturated rings. The van der Waals surface area contributed by atoms with Gasteiger partial charge in [0.05, 0.1) is 13.2 Å². The fraction of sp³-hybridized carbons (Fsp3) is 0.538. The van der Waals surface area contributed by atoms with Crippen molar-refractivity contribution in [3.63, 3.8) is 0 Å². The number of carbonyl (C=O) groups is 2. The largest absolute Gasteiger partial charge is 0.467 e. The van der Waals surface area contributed by atoms with Gasteiger partial charge in [0, 0.05) is 11.4 Å². The van der Waals surface area contributed by atoms with Gasteiger partial charge in [-0.25, -0.2) is 4.79 Å². The Balaban J connectivity index is 2.08. The highest BCUT2D eigenvalue weighted by molar-refractivity contribution is 7.10. The number of methoxy groups -OCH3 is 1. The van der Waals surface area contributed by atoms with Crippen LogP contribution >= 0.6 is 11.3 Å². The molecule has 6 nitrogen and oxygen atoms in total. The number of ether oxygens (including phenoxy) is 1. The number of likely N-dealkylation sites (tertiary alicyclic amines) is 1. The first-order chi connectivity index (χ1) is 9.56. The summed E-state index contributed by atoms with van der Waals surface area (Å²) in [5.41, 5.74) is 5.90. The monoisotopic (exact) mass is 298 g/mol. The Kier molecular flexibility index (Phi) is 4.74. The van der Waals surface area contributed by atoms with Crippen LogP contribution < -0.4 is 5.73 Å². The van der Waals surface area contributed by atoms with Crippen molar-refractivity contribution in [1.29, 1.82) is 0 Å². The quantitative estimate of drug-likeness (QED) is 0.779. The van der Waals surface area contributed by atoms with Crippen LogP contribution in [0, 0.1) is 0 Å². The number of aliphatic hydroxyl groups is 1. The molecular formula is C13H18N2O4S. The van der Waals surface area contributed by atoms with Gasteiger partial charge in [-0.05, 0) is 24.3 Å². The smallest absolute Gasteiger partial charge is 0.328 e. The fourth-order valence-corrected chi connectivity index (χ4v) is 3.13. The van der Waals surface area contributed by atoms with Gasteiger partial charge in [0.25, 0.3) is 5.91 Å². The molecule has 1 aliphatic rings. The van der Waals surface area contributed by atoms with Gasteiger partial charge in [-0.15, -0.1) is 11.3 Å². The Labute approximate surface area is 121 Å². The Morgan fingerprint density at radius 3 is 2.95 bits per heavy atom. The molecule has 2 heterocycles. The van der Waals surface area contributed by atoms with Crippen LogP contribution in [0.25, 0.3) is 0 Å². The Morgan fingerprint density at radius 2 is 2.35 bits per heavy atom. The van der Waals surface area contributed by atoms with Gasteiger partial charge in [0.1, 0.15) is 6.04 Å². The van der Waals surface area contributed by atoms with Crippen LogP contribution in [0.3, 0.4) is 0 Å². The van der Waals surface area contributed by atoms with Gasteiger partial charge >= 0.3 is 5.97 Å². The molecule has 0 aromatic carbocycles. The minimum atomic E-state index is -1.35. The molecule has 1 aromatic heterocycles. The van der Waals surface area contributed by atoms with E-state index in [2.05, 4.69) is 4.74 Å². The number of hydrogen-bond donors (Lipinski definition) is 2. The van der Waals surface area contributed by atoms with Crippen LogP contribution in [0.2, 0.25) is 0 Å². The molecule has 1 aliphatic heterocycles. The summed E-state index contributed by atoms with van der Waals surface area (Å²) in [6.07, 6.45) is -0.0786. The average Bonchev–Trinajstić information content (AvgIpc) is 3.14. The summed E-state index contributed by atoms with van der Waals surface area (Å²) in [5, 5.41) is 12.0. The number of esters is 1. The number of hydrogen-bond acceptors (Lipinski definition) is 6. The van der Waals surface area contributed by atoms with E-state index in [1.807, 2.05) is 11.4 Å². The van der Waals surface area contributed by atoms with Crippen LogP contribution in [-0.4, -0.2) is 47.7 Å². The van der Waals surface area contributed by atoms with Crippen molar-refractivity contribution < 1.29 is 19.4 Å². The molecule has 110 valence electrons. The van der Waals surface area contributed by atoms with E-state index in [4.69, 9.17) is 5.73 Å². The van der Waals surface area contributed by atoms with Gasteiger partial charge < -0.3 is 20.5 Å². The molecule has 1 saturated heterocycles. The molecule has 3 atom stereocenters. The SMILES string of the molecule is COC(=O)[C@@H]1CCCN1C(=O)[C@@H](O)[C@@H](N)c1cccs1. The van der Waals surface area contributed by atoms with Gasteiger partial charge in [-0.1, -0.05) is 6.07 Å². The first-order valence-electron chi connectivity index (χ1n) is 6.41. The van der Waals surface area contributed by atoms with Crippen LogP contribution in [0.4, 0.5) is 0 Å². The van der Waals surface area contributed by atoms with Gasteiger partial charge in [0.15, 0.2) is 6.10 Å². The Hall–Kier alpha value is -1.44. The van der Waals surface area contributed by atoms with Gasteiger partial charge in [-0.3, -0.25) is 4.79 Å². The zero-order chi connectivity index (χ0) is 14.7. The number of thiophene rings is 1. The molecule has 7 heteroatoms. The number of nitrogens with zero attached hydrogens (tertiary/aromatic N) is 1. The summed E-state index contributed by atoms with van der Waals surface area (Å²) in [4.78, 5) is 26.0. The van der Waals surface area contributed by atoms with Crippen LogP contribution in [0.1, 0.15) is 23.8 Å². The van der Waals surface area contributed by atoms with Crippen molar-refractivity contribution in [1.82, 2.24) is 4.90 Å². The Bertz CT molecular complexity index is 477. The second-order valence-corrected chi connectivity index (χ2v) is 5.68. The molecule has 0 bridgehead atoms. The summed E-state index contributed by atoms with van der Waals surface area (Å²) in [6.45, 7) is 0.437. The standard InChI is InChI=1S/C13H18N2O4S/c1-19-13(18)8-4-2-6-15(8)12(17)11(16)10(14)9-5-3-7-20-9/h3,5,7-8,10-11,16H,2,4,6,14H2,1H3/t8-,10-,11-/m0/s1. The summed E-state index contributed by atoms with van der Waals surface area (Å²) in [6, 6.07) is 2.19. The van der Waals surface area contributed by atoms with Gasteiger partial charge in [0.2, 0.25) is 0 Å². The maximum absolute atomic E-state index is 12.3. The third kappa shape index (κ3) is 2.84. The molecule has 2 rings (SSSR count).